The minimum atomic E-state index is -0.311. The van der Waals surface area contributed by atoms with Gasteiger partial charge in [0.1, 0.15) is 5.82 Å². The molecule has 5 nitrogen and oxygen atoms in total. The fourth-order valence-electron chi connectivity index (χ4n) is 1.91. The zero-order valence-corrected chi connectivity index (χ0v) is 12.6. The highest BCUT2D eigenvalue weighted by molar-refractivity contribution is 7.71. The number of hydrogen-bond acceptors (Lipinski definition) is 4. The van der Waals surface area contributed by atoms with E-state index in [0.717, 1.165) is 10.1 Å². The van der Waals surface area contributed by atoms with Crippen molar-refractivity contribution in [2.24, 2.45) is 7.05 Å². The number of rotatable bonds is 3. The number of H-pyrrole nitrogens is 1. The van der Waals surface area contributed by atoms with Crippen LogP contribution in [0.2, 0.25) is 0 Å². The molecule has 0 saturated carbocycles. The summed E-state index contributed by atoms with van der Waals surface area (Å²) in [7, 11) is 1.77. The number of fused-ring (bicyclic) bond motifs is 1. The van der Waals surface area contributed by atoms with E-state index < -0.39 is 0 Å². The van der Waals surface area contributed by atoms with Crippen molar-refractivity contribution in [2.75, 3.05) is 0 Å². The summed E-state index contributed by atoms with van der Waals surface area (Å²) in [6, 6.07) is 6.15. The Bertz CT molecular complexity index is 880. The Morgan fingerprint density at radius 3 is 3.05 bits per heavy atom. The van der Waals surface area contributed by atoms with Crippen LogP contribution >= 0.6 is 23.6 Å². The smallest absolute Gasteiger partial charge is 0.261 e. The van der Waals surface area contributed by atoms with E-state index >= 15 is 0 Å². The van der Waals surface area contributed by atoms with Gasteiger partial charge in [-0.25, -0.2) is 4.39 Å². The van der Waals surface area contributed by atoms with Gasteiger partial charge in [0.25, 0.3) is 5.91 Å². The average Bonchev–Trinajstić information content (AvgIpc) is 3.01. The number of nitrogens with one attached hydrogen (secondary N) is 2. The molecule has 3 aromatic rings. The Labute approximate surface area is 128 Å². The van der Waals surface area contributed by atoms with Gasteiger partial charge in [0.05, 0.1) is 11.4 Å². The van der Waals surface area contributed by atoms with Crippen LogP contribution < -0.4 is 5.32 Å². The van der Waals surface area contributed by atoms with Gasteiger partial charge in [-0.2, -0.15) is 5.10 Å². The minimum Gasteiger partial charge on any atom is -0.344 e. The molecule has 0 aliphatic carbocycles. The fourth-order valence-corrected chi connectivity index (χ4v) is 3.02. The topological polar surface area (TPSA) is 62.7 Å². The van der Waals surface area contributed by atoms with Gasteiger partial charge in [0, 0.05) is 11.7 Å². The third-order valence-electron chi connectivity index (χ3n) is 3.08. The number of amides is 1. The van der Waals surface area contributed by atoms with Crippen molar-refractivity contribution >= 4 is 39.5 Å². The second kappa shape index (κ2) is 5.38. The highest BCUT2D eigenvalue weighted by Crippen LogP contribution is 2.26. The first-order valence-corrected chi connectivity index (χ1v) is 7.34. The van der Waals surface area contributed by atoms with Crippen molar-refractivity contribution in [1.29, 1.82) is 0 Å². The van der Waals surface area contributed by atoms with Crippen LogP contribution in [0.5, 0.6) is 0 Å². The first-order chi connectivity index (χ1) is 10.0. The van der Waals surface area contributed by atoms with Crippen LogP contribution in [0.25, 0.3) is 10.1 Å². The normalized spacial score (nSPS) is 11.0. The summed E-state index contributed by atoms with van der Waals surface area (Å²) >= 11 is 6.33. The van der Waals surface area contributed by atoms with E-state index in [-0.39, 0.29) is 18.3 Å². The monoisotopic (exact) mass is 322 g/mol. The maximum atomic E-state index is 13.1. The third kappa shape index (κ3) is 2.72. The molecule has 1 amide bonds. The molecule has 0 aliphatic heterocycles. The van der Waals surface area contributed by atoms with Crippen LogP contribution in [0.1, 0.15) is 15.5 Å². The first kappa shape index (κ1) is 13.9. The Hall–Kier alpha value is -2.06. The summed E-state index contributed by atoms with van der Waals surface area (Å²) in [5, 5.41) is 10.2. The molecule has 0 bridgehead atoms. The number of carbonyl (C=O) groups is 1. The van der Waals surface area contributed by atoms with Gasteiger partial charge in [0.15, 0.2) is 10.6 Å². The van der Waals surface area contributed by atoms with Gasteiger partial charge >= 0.3 is 0 Å². The summed E-state index contributed by atoms with van der Waals surface area (Å²) in [5.74, 6) is 0.111. The summed E-state index contributed by atoms with van der Waals surface area (Å²) < 4.78 is 16.2. The van der Waals surface area contributed by atoms with Crippen molar-refractivity contribution < 1.29 is 9.18 Å². The van der Waals surface area contributed by atoms with Crippen LogP contribution in [0, 0.1) is 10.6 Å². The lowest BCUT2D eigenvalue weighted by Gasteiger charge is -2.02. The van der Waals surface area contributed by atoms with Gasteiger partial charge in [-0.1, -0.05) is 0 Å². The quantitative estimate of drug-likeness (QED) is 0.729. The van der Waals surface area contributed by atoms with E-state index in [9.17, 15) is 9.18 Å². The number of carbonyl (C=O) groups excluding carboxylic acids is 1. The Kier molecular flexibility index (Phi) is 3.56. The first-order valence-electron chi connectivity index (χ1n) is 6.12. The Balaban J connectivity index is 1.77. The maximum absolute atomic E-state index is 13.1. The lowest BCUT2D eigenvalue weighted by atomic mass is 10.2. The zero-order valence-electron chi connectivity index (χ0n) is 11.0. The van der Waals surface area contributed by atoms with Crippen molar-refractivity contribution in [2.45, 2.75) is 6.54 Å². The number of aromatic nitrogens is 3. The number of halogens is 1. The molecule has 2 heterocycles. The van der Waals surface area contributed by atoms with Crippen molar-refractivity contribution in [1.82, 2.24) is 20.1 Å². The molecule has 0 atom stereocenters. The molecule has 3 rings (SSSR count). The van der Waals surface area contributed by atoms with E-state index in [1.807, 2.05) is 0 Å². The molecule has 0 fully saturated rings. The van der Waals surface area contributed by atoms with Crippen molar-refractivity contribution in [3.05, 3.63) is 45.6 Å². The summed E-state index contributed by atoms with van der Waals surface area (Å²) in [5.41, 5.74) is 0. The molecule has 0 radical (unpaired) electrons. The molecule has 21 heavy (non-hydrogen) atoms. The molecule has 2 aromatic heterocycles. The van der Waals surface area contributed by atoms with E-state index in [2.05, 4.69) is 15.5 Å². The minimum absolute atomic E-state index is 0.217. The molecule has 0 unspecified atom stereocenters. The van der Waals surface area contributed by atoms with Gasteiger partial charge in [0.2, 0.25) is 0 Å². The highest BCUT2D eigenvalue weighted by Gasteiger charge is 2.12. The van der Waals surface area contributed by atoms with Crippen LogP contribution in [0.15, 0.2) is 24.3 Å². The number of nitrogens with zero attached hydrogens (tertiary/aromatic N) is 2. The number of aromatic amines is 1. The number of benzene rings is 1. The molecule has 0 aliphatic rings. The highest BCUT2D eigenvalue weighted by atomic mass is 32.1. The molecule has 0 saturated heterocycles. The SMILES string of the molecule is Cn1c(CNC(=O)c2cc3cc(F)ccc3s2)n[nH]c1=S. The van der Waals surface area contributed by atoms with Crippen LogP contribution in [0.3, 0.4) is 0 Å². The number of hydrogen-bond donors (Lipinski definition) is 2. The largest absolute Gasteiger partial charge is 0.344 e. The lowest BCUT2D eigenvalue weighted by Crippen LogP contribution is -2.23. The zero-order chi connectivity index (χ0) is 15.0. The average molecular weight is 322 g/mol. The van der Waals surface area contributed by atoms with Gasteiger partial charge in [-0.05, 0) is 41.9 Å². The molecule has 108 valence electrons. The fraction of sp³-hybridized carbons (Fsp3) is 0.154. The summed E-state index contributed by atoms with van der Waals surface area (Å²) in [4.78, 5) is 12.7. The van der Waals surface area contributed by atoms with Gasteiger partial charge in [-0.15, -0.1) is 11.3 Å². The molecule has 8 heteroatoms. The van der Waals surface area contributed by atoms with E-state index in [1.165, 1.54) is 23.5 Å². The molecule has 2 N–H and O–H groups in total. The van der Waals surface area contributed by atoms with Gasteiger partial charge in [-0.3, -0.25) is 9.89 Å². The Morgan fingerprint density at radius 1 is 1.52 bits per heavy atom. The third-order valence-corrected chi connectivity index (χ3v) is 4.56. The maximum Gasteiger partial charge on any atom is 0.261 e. The Morgan fingerprint density at radius 2 is 2.33 bits per heavy atom. The van der Waals surface area contributed by atoms with Crippen molar-refractivity contribution in [3.63, 3.8) is 0 Å². The van der Waals surface area contributed by atoms with Crippen molar-refractivity contribution in [3.8, 4) is 0 Å². The molecule has 0 spiro atoms. The molecular formula is C13H11FN4OS2. The second-order valence-corrected chi connectivity index (χ2v) is 5.95. The summed E-state index contributed by atoms with van der Waals surface area (Å²) in [6.45, 7) is 0.269. The lowest BCUT2D eigenvalue weighted by molar-refractivity contribution is 0.0953. The second-order valence-electron chi connectivity index (χ2n) is 4.48. The molecular weight excluding hydrogens is 311 g/mol. The van der Waals surface area contributed by atoms with E-state index in [0.29, 0.717) is 15.5 Å². The van der Waals surface area contributed by atoms with E-state index in [4.69, 9.17) is 12.2 Å². The standard InChI is InChI=1S/C13H11FN4OS2/c1-18-11(16-17-13(18)20)6-15-12(19)10-5-7-4-8(14)2-3-9(7)21-10/h2-5H,6H2,1H3,(H,15,19)(H,17,20). The van der Waals surface area contributed by atoms with Crippen LogP contribution in [-0.2, 0) is 13.6 Å². The van der Waals surface area contributed by atoms with Crippen LogP contribution in [-0.4, -0.2) is 20.7 Å². The predicted molar refractivity (Wildman–Crippen MR) is 81.3 cm³/mol. The van der Waals surface area contributed by atoms with E-state index in [1.54, 1.807) is 23.7 Å². The van der Waals surface area contributed by atoms with Crippen LogP contribution in [0.4, 0.5) is 4.39 Å². The molecule has 1 aromatic carbocycles. The predicted octanol–water partition coefficient (Wildman–Crippen LogP) is 2.76. The van der Waals surface area contributed by atoms with Gasteiger partial charge < -0.3 is 9.88 Å². The number of thiophene rings is 1. The summed E-state index contributed by atoms with van der Waals surface area (Å²) in [6.07, 6.45) is 0.